The third kappa shape index (κ3) is 5.45. The van der Waals surface area contributed by atoms with Gasteiger partial charge in [0, 0.05) is 51.2 Å². The van der Waals surface area contributed by atoms with E-state index >= 15 is 0 Å². The lowest BCUT2D eigenvalue weighted by Gasteiger charge is -2.46. The molecule has 1 aliphatic rings. The molecule has 0 bridgehead atoms. The van der Waals surface area contributed by atoms with E-state index in [9.17, 15) is 4.79 Å². The van der Waals surface area contributed by atoms with E-state index in [4.69, 9.17) is 4.74 Å². The quantitative estimate of drug-likeness (QED) is 0.762. The van der Waals surface area contributed by atoms with Crippen LogP contribution in [-0.4, -0.2) is 53.6 Å². The number of pyridine rings is 1. The first-order chi connectivity index (χ1) is 13.5. The Morgan fingerprint density at radius 1 is 1.18 bits per heavy atom. The van der Waals surface area contributed by atoms with Crippen LogP contribution in [0.2, 0.25) is 0 Å². The van der Waals surface area contributed by atoms with Gasteiger partial charge in [-0.05, 0) is 41.3 Å². The summed E-state index contributed by atoms with van der Waals surface area (Å²) in [5.74, 6) is 1.40. The van der Waals surface area contributed by atoms with Crippen LogP contribution in [0.1, 0.15) is 25.0 Å². The monoisotopic (exact) mass is 382 g/mol. The summed E-state index contributed by atoms with van der Waals surface area (Å²) in [7, 11) is 1.65. The van der Waals surface area contributed by atoms with E-state index in [1.807, 2.05) is 41.6 Å². The number of likely N-dealkylation sites (tertiary alicyclic amines) is 1. The molecule has 0 saturated carbocycles. The number of urea groups is 1. The Morgan fingerprint density at radius 3 is 2.46 bits per heavy atom. The van der Waals surface area contributed by atoms with Gasteiger partial charge in [-0.3, -0.25) is 9.88 Å². The van der Waals surface area contributed by atoms with Crippen LogP contribution >= 0.6 is 0 Å². The van der Waals surface area contributed by atoms with Crippen molar-refractivity contribution in [3.8, 4) is 5.75 Å². The fourth-order valence-corrected chi connectivity index (χ4v) is 3.42. The van der Waals surface area contributed by atoms with Crippen LogP contribution in [0.5, 0.6) is 5.75 Å². The normalized spacial score (nSPS) is 14.2. The predicted octanol–water partition coefficient (Wildman–Crippen LogP) is 3.14. The number of carbonyl (C=O) groups excluding carboxylic acids is 1. The van der Waals surface area contributed by atoms with Crippen LogP contribution in [0.15, 0.2) is 48.8 Å². The maximum atomic E-state index is 12.4. The molecule has 150 valence electrons. The molecule has 1 N–H and O–H groups in total. The van der Waals surface area contributed by atoms with E-state index in [-0.39, 0.29) is 6.03 Å². The van der Waals surface area contributed by atoms with Gasteiger partial charge in [0.1, 0.15) is 5.75 Å². The van der Waals surface area contributed by atoms with Gasteiger partial charge < -0.3 is 15.0 Å². The Hall–Kier alpha value is -2.60. The van der Waals surface area contributed by atoms with Crippen molar-refractivity contribution in [3.05, 3.63) is 59.9 Å². The molecule has 0 spiro atoms. The molecule has 0 unspecified atom stereocenters. The Labute approximate surface area is 167 Å². The van der Waals surface area contributed by atoms with E-state index in [1.54, 1.807) is 7.11 Å². The van der Waals surface area contributed by atoms with Gasteiger partial charge in [0.05, 0.1) is 7.11 Å². The third-order valence-corrected chi connectivity index (χ3v) is 5.00. The number of ether oxygens (including phenoxy) is 1. The minimum atomic E-state index is 0.000441. The maximum Gasteiger partial charge on any atom is 0.317 e. The van der Waals surface area contributed by atoms with Gasteiger partial charge in [-0.15, -0.1) is 0 Å². The molecule has 1 aliphatic heterocycles. The Morgan fingerprint density at radius 2 is 1.86 bits per heavy atom. The number of aromatic nitrogens is 1. The average molecular weight is 383 g/mol. The van der Waals surface area contributed by atoms with Crippen molar-refractivity contribution in [2.45, 2.75) is 33.0 Å². The number of rotatable bonds is 8. The predicted molar refractivity (Wildman–Crippen MR) is 110 cm³/mol. The second-order valence-electron chi connectivity index (χ2n) is 7.74. The van der Waals surface area contributed by atoms with Crippen LogP contribution in [0, 0.1) is 5.92 Å². The standard InChI is InChI=1S/C22H30N4O2/c1-17(2)13-25(14-19-8-10-23-11-9-19)20-15-26(16-20)22(27)24-12-18-4-6-21(28-3)7-5-18/h4-11,17,20H,12-16H2,1-3H3,(H,24,27). The summed E-state index contributed by atoms with van der Waals surface area (Å²) in [5.41, 5.74) is 2.32. The summed E-state index contributed by atoms with van der Waals surface area (Å²) in [6.07, 6.45) is 3.67. The topological polar surface area (TPSA) is 57.7 Å². The molecule has 0 radical (unpaired) electrons. The molecule has 1 aromatic heterocycles. The van der Waals surface area contributed by atoms with Crippen molar-refractivity contribution >= 4 is 6.03 Å². The summed E-state index contributed by atoms with van der Waals surface area (Å²) in [4.78, 5) is 20.9. The molecule has 2 amide bonds. The summed E-state index contributed by atoms with van der Waals surface area (Å²) >= 11 is 0. The maximum absolute atomic E-state index is 12.4. The molecule has 2 aromatic rings. The first kappa shape index (κ1) is 20.1. The van der Waals surface area contributed by atoms with Gasteiger partial charge in [-0.1, -0.05) is 26.0 Å². The van der Waals surface area contributed by atoms with Gasteiger partial charge in [0.15, 0.2) is 0 Å². The molecular formula is C22H30N4O2. The second-order valence-corrected chi connectivity index (χ2v) is 7.74. The highest BCUT2D eigenvalue weighted by Crippen LogP contribution is 2.19. The van der Waals surface area contributed by atoms with E-state index in [2.05, 4.69) is 41.2 Å². The summed E-state index contributed by atoms with van der Waals surface area (Å²) in [6.45, 7) is 8.45. The molecule has 1 aromatic carbocycles. The Bertz CT molecular complexity index is 743. The van der Waals surface area contributed by atoms with Crippen molar-refractivity contribution in [3.63, 3.8) is 0 Å². The second kappa shape index (κ2) is 9.55. The van der Waals surface area contributed by atoms with Crippen LogP contribution < -0.4 is 10.1 Å². The first-order valence-corrected chi connectivity index (χ1v) is 9.84. The zero-order valence-electron chi connectivity index (χ0n) is 17.0. The minimum Gasteiger partial charge on any atom is -0.497 e. The minimum absolute atomic E-state index is 0.000441. The number of carbonyl (C=O) groups is 1. The van der Waals surface area contributed by atoms with Gasteiger partial charge >= 0.3 is 6.03 Å². The highest BCUT2D eigenvalue weighted by molar-refractivity contribution is 5.75. The summed E-state index contributed by atoms with van der Waals surface area (Å²) in [5, 5.41) is 3.01. The molecule has 0 atom stereocenters. The zero-order valence-corrected chi connectivity index (χ0v) is 17.0. The molecule has 6 heteroatoms. The number of amides is 2. The van der Waals surface area contributed by atoms with Crippen LogP contribution in [0.4, 0.5) is 4.79 Å². The van der Waals surface area contributed by atoms with Crippen LogP contribution in [0.3, 0.4) is 0 Å². The van der Waals surface area contributed by atoms with Gasteiger partial charge in [-0.2, -0.15) is 0 Å². The van der Waals surface area contributed by atoms with E-state index in [0.29, 0.717) is 18.5 Å². The zero-order chi connectivity index (χ0) is 19.9. The Kier molecular flexibility index (Phi) is 6.87. The van der Waals surface area contributed by atoms with Crippen molar-refractivity contribution in [2.75, 3.05) is 26.7 Å². The van der Waals surface area contributed by atoms with Crippen LogP contribution in [-0.2, 0) is 13.1 Å². The number of nitrogens with zero attached hydrogens (tertiary/aromatic N) is 3. The molecule has 28 heavy (non-hydrogen) atoms. The molecule has 0 aliphatic carbocycles. The van der Waals surface area contributed by atoms with Crippen molar-refractivity contribution < 1.29 is 9.53 Å². The number of hydrogen-bond acceptors (Lipinski definition) is 4. The fourth-order valence-electron chi connectivity index (χ4n) is 3.42. The van der Waals surface area contributed by atoms with E-state index < -0.39 is 0 Å². The van der Waals surface area contributed by atoms with Crippen LogP contribution in [0.25, 0.3) is 0 Å². The molecule has 3 rings (SSSR count). The molecule has 2 heterocycles. The highest BCUT2D eigenvalue weighted by atomic mass is 16.5. The largest absolute Gasteiger partial charge is 0.497 e. The smallest absolute Gasteiger partial charge is 0.317 e. The lowest BCUT2D eigenvalue weighted by atomic mass is 10.0. The van der Waals surface area contributed by atoms with E-state index in [1.165, 1.54) is 5.56 Å². The van der Waals surface area contributed by atoms with Crippen molar-refractivity contribution in [1.29, 1.82) is 0 Å². The molecular weight excluding hydrogens is 352 g/mol. The average Bonchev–Trinajstić information content (AvgIpc) is 2.66. The third-order valence-electron chi connectivity index (χ3n) is 5.00. The number of nitrogens with one attached hydrogen (secondary N) is 1. The lowest BCUT2D eigenvalue weighted by molar-refractivity contribution is 0.0443. The molecule has 1 fully saturated rings. The fraction of sp³-hybridized carbons (Fsp3) is 0.455. The summed E-state index contributed by atoms with van der Waals surface area (Å²) in [6, 6.07) is 12.3. The lowest BCUT2D eigenvalue weighted by Crippen LogP contribution is -2.63. The number of methoxy groups -OCH3 is 1. The molecule has 6 nitrogen and oxygen atoms in total. The highest BCUT2D eigenvalue weighted by Gasteiger charge is 2.34. The van der Waals surface area contributed by atoms with Gasteiger partial charge in [0.2, 0.25) is 0 Å². The Balaban J connectivity index is 1.48. The first-order valence-electron chi connectivity index (χ1n) is 9.84. The van der Waals surface area contributed by atoms with Gasteiger partial charge in [-0.25, -0.2) is 4.79 Å². The van der Waals surface area contributed by atoms with Gasteiger partial charge in [0.25, 0.3) is 0 Å². The number of hydrogen-bond donors (Lipinski definition) is 1. The SMILES string of the molecule is COc1ccc(CNC(=O)N2CC(N(Cc3ccncc3)CC(C)C)C2)cc1. The van der Waals surface area contributed by atoms with Crippen molar-refractivity contribution in [2.24, 2.45) is 5.92 Å². The van der Waals surface area contributed by atoms with E-state index in [0.717, 1.165) is 37.5 Å². The number of benzene rings is 1. The molecule has 1 saturated heterocycles. The van der Waals surface area contributed by atoms with Crippen molar-refractivity contribution in [1.82, 2.24) is 20.1 Å². The summed E-state index contributed by atoms with van der Waals surface area (Å²) < 4.78 is 5.16.